The average molecular weight is 348 g/mol. The Hall–Kier alpha value is -1.12. The van der Waals surface area contributed by atoms with Crippen molar-refractivity contribution < 1.29 is 13.9 Å². The van der Waals surface area contributed by atoms with Crippen molar-refractivity contribution in [2.24, 2.45) is 23.2 Å². The molecule has 0 bridgehead atoms. The first-order valence-corrected chi connectivity index (χ1v) is 10.1. The fraction of sp³-hybridized carbons (Fsp3) is 0.727. The van der Waals surface area contributed by atoms with Gasteiger partial charge < -0.3 is 5.11 Å². The number of phenolic OH excluding ortho intramolecular Hbond substituents is 1. The molecule has 0 saturated heterocycles. The van der Waals surface area contributed by atoms with Crippen molar-refractivity contribution in [2.75, 3.05) is 0 Å². The molecule has 3 heteroatoms. The zero-order valence-corrected chi connectivity index (χ0v) is 15.4. The number of rotatable bonds is 3. The van der Waals surface area contributed by atoms with E-state index in [0.717, 1.165) is 50.5 Å². The molecule has 0 spiro atoms. The van der Waals surface area contributed by atoms with Crippen molar-refractivity contribution in [3.05, 3.63) is 28.8 Å². The second-order valence-electron chi connectivity index (χ2n) is 8.89. The van der Waals surface area contributed by atoms with Gasteiger partial charge in [0, 0.05) is 6.42 Å². The van der Waals surface area contributed by atoms with Crippen LogP contribution in [0, 0.1) is 23.2 Å². The predicted octanol–water partition coefficient (Wildman–Crippen LogP) is 6.08. The summed E-state index contributed by atoms with van der Waals surface area (Å²) in [6, 6.07) is 4.24. The van der Waals surface area contributed by atoms with Crippen molar-refractivity contribution in [3.8, 4) is 5.75 Å². The summed E-state index contributed by atoms with van der Waals surface area (Å²) >= 11 is 0. The molecule has 0 amide bonds. The Morgan fingerprint density at radius 1 is 1.20 bits per heavy atom. The van der Waals surface area contributed by atoms with Gasteiger partial charge in [-0.3, -0.25) is 0 Å². The number of aromatic hydroxyl groups is 1. The number of benzene rings is 1. The summed E-state index contributed by atoms with van der Waals surface area (Å²) in [6.45, 7) is 4.39. The van der Waals surface area contributed by atoms with Crippen molar-refractivity contribution >= 4 is 0 Å². The van der Waals surface area contributed by atoms with E-state index < -0.39 is 6.43 Å². The molecule has 25 heavy (non-hydrogen) atoms. The molecule has 0 aliphatic heterocycles. The highest BCUT2D eigenvalue weighted by molar-refractivity contribution is 5.45. The minimum atomic E-state index is -2.17. The van der Waals surface area contributed by atoms with E-state index in [-0.39, 0.29) is 17.8 Å². The van der Waals surface area contributed by atoms with Crippen LogP contribution in [-0.2, 0) is 12.8 Å². The Morgan fingerprint density at radius 2 is 2.00 bits per heavy atom. The molecule has 0 radical (unpaired) electrons. The molecular weight excluding hydrogens is 318 g/mol. The standard InChI is InChI=1S/C22H30F2O/c1-3-13-10-18-14(11-20(13)25)4-6-17-16(18)8-9-22(2)15(12-21(23)24)5-7-19(17)22/h10-11,15-17,19,21,25H,3-9,12H2,1-2H3/t15-,16?,17?,19?,22-/m1/s1. The van der Waals surface area contributed by atoms with E-state index >= 15 is 0 Å². The predicted molar refractivity (Wildman–Crippen MR) is 96.2 cm³/mol. The maximum Gasteiger partial charge on any atom is 0.238 e. The van der Waals surface area contributed by atoms with E-state index in [4.69, 9.17) is 0 Å². The quantitative estimate of drug-likeness (QED) is 0.701. The van der Waals surface area contributed by atoms with Gasteiger partial charge in [0.25, 0.3) is 0 Å². The van der Waals surface area contributed by atoms with Crippen LogP contribution in [0.1, 0.15) is 75.0 Å². The lowest BCUT2D eigenvalue weighted by atomic mass is 9.54. The summed E-state index contributed by atoms with van der Waals surface area (Å²) in [7, 11) is 0. The molecule has 2 fully saturated rings. The highest BCUT2D eigenvalue weighted by Crippen LogP contribution is 2.64. The van der Waals surface area contributed by atoms with E-state index in [1.807, 2.05) is 6.07 Å². The largest absolute Gasteiger partial charge is 0.508 e. The zero-order chi connectivity index (χ0) is 17.8. The third-order valence-electron chi connectivity index (χ3n) is 7.96. The lowest BCUT2D eigenvalue weighted by Crippen LogP contribution is -2.42. The fourth-order valence-electron chi connectivity index (χ4n) is 6.65. The first kappa shape index (κ1) is 17.3. The third kappa shape index (κ3) is 2.69. The molecule has 2 saturated carbocycles. The monoisotopic (exact) mass is 348 g/mol. The highest BCUT2D eigenvalue weighted by Gasteiger charge is 2.54. The number of hydrogen-bond donors (Lipinski definition) is 1. The SMILES string of the molecule is CCc1cc2c(cc1O)CCC1C2CC[C@@]2(C)C1CC[C@@H]2CC(F)F. The molecule has 0 heterocycles. The lowest BCUT2D eigenvalue weighted by Gasteiger charge is -2.51. The molecule has 1 aromatic rings. The number of alkyl halides is 2. The Balaban J connectivity index is 1.64. The lowest BCUT2D eigenvalue weighted by molar-refractivity contribution is 0.00354. The van der Waals surface area contributed by atoms with Crippen LogP contribution < -0.4 is 0 Å². The number of phenols is 1. The highest BCUT2D eigenvalue weighted by atomic mass is 19.3. The van der Waals surface area contributed by atoms with Crippen LogP contribution in [0.2, 0.25) is 0 Å². The first-order chi connectivity index (χ1) is 11.9. The summed E-state index contributed by atoms with van der Waals surface area (Å²) in [5, 5.41) is 10.2. The van der Waals surface area contributed by atoms with Crippen LogP contribution >= 0.6 is 0 Å². The average Bonchev–Trinajstić information content (AvgIpc) is 2.90. The normalized spacial score (nSPS) is 36.8. The van der Waals surface area contributed by atoms with E-state index in [1.54, 1.807) is 0 Å². The van der Waals surface area contributed by atoms with Gasteiger partial charge in [-0.1, -0.05) is 19.9 Å². The smallest absolute Gasteiger partial charge is 0.238 e. The van der Waals surface area contributed by atoms with Crippen LogP contribution in [-0.4, -0.2) is 11.5 Å². The minimum Gasteiger partial charge on any atom is -0.508 e. The molecular formula is C22H30F2O. The van der Waals surface area contributed by atoms with Gasteiger partial charge in [-0.25, -0.2) is 8.78 Å². The van der Waals surface area contributed by atoms with Gasteiger partial charge in [0.1, 0.15) is 5.75 Å². The van der Waals surface area contributed by atoms with Gasteiger partial charge in [0.05, 0.1) is 0 Å². The van der Waals surface area contributed by atoms with Crippen molar-refractivity contribution in [1.29, 1.82) is 0 Å². The number of hydrogen-bond acceptors (Lipinski definition) is 1. The minimum absolute atomic E-state index is 0.0921. The summed E-state index contributed by atoms with van der Waals surface area (Å²) in [5.41, 5.74) is 3.93. The Bertz CT molecular complexity index is 656. The van der Waals surface area contributed by atoms with E-state index in [9.17, 15) is 13.9 Å². The Morgan fingerprint density at radius 3 is 2.72 bits per heavy atom. The van der Waals surface area contributed by atoms with Crippen LogP contribution in [0.15, 0.2) is 12.1 Å². The first-order valence-electron chi connectivity index (χ1n) is 10.1. The van der Waals surface area contributed by atoms with Crippen LogP contribution in [0.25, 0.3) is 0 Å². The van der Waals surface area contributed by atoms with Gasteiger partial charge in [0.2, 0.25) is 6.43 Å². The van der Waals surface area contributed by atoms with E-state index in [0.29, 0.717) is 23.5 Å². The van der Waals surface area contributed by atoms with E-state index in [1.165, 1.54) is 11.1 Å². The van der Waals surface area contributed by atoms with Gasteiger partial charge >= 0.3 is 0 Å². The molecule has 1 N–H and O–H groups in total. The van der Waals surface area contributed by atoms with Gasteiger partial charge in [-0.15, -0.1) is 0 Å². The molecule has 1 nitrogen and oxygen atoms in total. The van der Waals surface area contributed by atoms with Crippen LogP contribution in [0.3, 0.4) is 0 Å². The van der Waals surface area contributed by atoms with Crippen LogP contribution in [0.4, 0.5) is 8.78 Å². The molecule has 5 atom stereocenters. The molecule has 4 rings (SSSR count). The molecule has 138 valence electrons. The molecule has 3 unspecified atom stereocenters. The maximum absolute atomic E-state index is 13.0. The van der Waals surface area contributed by atoms with Crippen molar-refractivity contribution in [2.45, 2.75) is 77.6 Å². The van der Waals surface area contributed by atoms with E-state index in [2.05, 4.69) is 19.9 Å². The molecule has 3 aliphatic carbocycles. The van der Waals surface area contributed by atoms with Crippen molar-refractivity contribution in [1.82, 2.24) is 0 Å². The zero-order valence-electron chi connectivity index (χ0n) is 15.4. The summed E-state index contributed by atoms with van der Waals surface area (Å²) in [6.07, 6.45) is 5.28. The number of fused-ring (bicyclic) bond motifs is 5. The third-order valence-corrected chi connectivity index (χ3v) is 7.96. The molecule has 0 aromatic heterocycles. The van der Waals surface area contributed by atoms with Gasteiger partial charge in [-0.05, 0) is 96.8 Å². The molecule has 1 aromatic carbocycles. The summed E-state index contributed by atoms with van der Waals surface area (Å²) in [5.74, 6) is 2.45. The van der Waals surface area contributed by atoms with Crippen molar-refractivity contribution in [3.63, 3.8) is 0 Å². The van der Waals surface area contributed by atoms with Crippen LogP contribution in [0.5, 0.6) is 5.75 Å². The summed E-state index contributed by atoms with van der Waals surface area (Å²) in [4.78, 5) is 0. The molecule has 3 aliphatic rings. The number of halogens is 2. The second kappa shape index (κ2) is 6.25. The van der Waals surface area contributed by atoms with Gasteiger partial charge in [0.15, 0.2) is 0 Å². The number of aryl methyl sites for hydroxylation is 2. The summed E-state index contributed by atoms with van der Waals surface area (Å²) < 4.78 is 26.1. The van der Waals surface area contributed by atoms with Gasteiger partial charge in [-0.2, -0.15) is 0 Å². The Labute approximate surface area is 149 Å². The fourth-order valence-corrected chi connectivity index (χ4v) is 6.65. The maximum atomic E-state index is 13.0. The Kier molecular flexibility index (Phi) is 4.32. The topological polar surface area (TPSA) is 20.2 Å². The second-order valence-corrected chi connectivity index (χ2v) is 8.89.